The number of fused-ring (bicyclic) bond motifs is 1. The molecule has 214 valence electrons. The average Bonchev–Trinajstić information content (AvgIpc) is 3.29. The second-order valence-corrected chi connectivity index (χ2v) is 9.53. The van der Waals surface area contributed by atoms with E-state index in [0.29, 0.717) is 22.8 Å². The summed E-state index contributed by atoms with van der Waals surface area (Å²) >= 11 is 5.65. The van der Waals surface area contributed by atoms with Crippen molar-refractivity contribution in [3.8, 4) is 5.88 Å². The predicted molar refractivity (Wildman–Crippen MR) is 162 cm³/mol. The van der Waals surface area contributed by atoms with Crippen LogP contribution in [0.1, 0.15) is 43.2 Å². The number of nitrogens with zero attached hydrogens (tertiary/aromatic N) is 2. The highest BCUT2D eigenvalue weighted by molar-refractivity contribution is 6.30. The lowest BCUT2D eigenvalue weighted by Crippen LogP contribution is -2.17. The Labute approximate surface area is 241 Å². The Morgan fingerprint density at radius 1 is 1.12 bits per heavy atom. The number of nitrogens with two attached hydrogens (primary N) is 1. The van der Waals surface area contributed by atoms with Gasteiger partial charge in [-0.15, -0.1) is 0 Å². The molecule has 2 aromatic heterocycles. The van der Waals surface area contributed by atoms with E-state index in [1.807, 2.05) is 32.9 Å². The molecule has 0 aliphatic heterocycles. The van der Waals surface area contributed by atoms with Crippen molar-refractivity contribution in [1.82, 2.24) is 9.97 Å². The first-order chi connectivity index (χ1) is 19.2. The lowest BCUT2D eigenvalue weighted by molar-refractivity contribution is -0.136. The summed E-state index contributed by atoms with van der Waals surface area (Å²) in [4.78, 5) is 30.9. The number of amides is 1. The monoisotopic (exact) mass is 566 g/mol. The maximum Gasteiger partial charge on any atom is 0.307 e. The van der Waals surface area contributed by atoms with Crippen LogP contribution in [0.15, 0.2) is 60.7 Å². The van der Waals surface area contributed by atoms with E-state index in [0.717, 1.165) is 41.7 Å². The number of aromatic amines is 1. The number of carboxylic acid groups (broad SMARTS) is 1. The number of nitrogens with one attached hydrogen (secondary N) is 1. The van der Waals surface area contributed by atoms with Gasteiger partial charge in [0, 0.05) is 41.1 Å². The van der Waals surface area contributed by atoms with Crippen LogP contribution in [0, 0.1) is 0 Å². The molecule has 2 heterocycles. The topological polar surface area (TPSA) is 122 Å². The maximum absolute atomic E-state index is 11.4. The summed E-state index contributed by atoms with van der Waals surface area (Å²) in [6.07, 6.45) is 3.05. The number of hydrogen-bond donors (Lipinski definition) is 3. The number of aryl methyl sites for hydroxylation is 2. The van der Waals surface area contributed by atoms with Crippen LogP contribution in [-0.4, -0.2) is 47.7 Å². The molecule has 1 amide bonds. The van der Waals surface area contributed by atoms with Gasteiger partial charge < -0.3 is 25.5 Å². The number of aliphatic carboxylic acids is 1. The fourth-order valence-electron chi connectivity index (χ4n) is 4.11. The lowest BCUT2D eigenvalue weighted by Gasteiger charge is -2.09. The minimum absolute atomic E-state index is 0.0692. The normalized spacial score (nSPS) is 11.0. The van der Waals surface area contributed by atoms with Crippen molar-refractivity contribution in [1.29, 1.82) is 0 Å². The molecule has 4 N–H and O–H groups in total. The number of hydrogen-bond acceptors (Lipinski definition) is 5. The van der Waals surface area contributed by atoms with Crippen molar-refractivity contribution in [2.24, 2.45) is 5.73 Å². The molecule has 0 aliphatic rings. The molecule has 9 heteroatoms. The molecule has 0 bridgehead atoms. The van der Waals surface area contributed by atoms with Crippen molar-refractivity contribution >= 4 is 40.7 Å². The smallest absolute Gasteiger partial charge is 0.307 e. The minimum atomic E-state index is -0.874. The van der Waals surface area contributed by atoms with Crippen LogP contribution in [0.2, 0.25) is 5.02 Å². The molecule has 2 aromatic carbocycles. The fraction of sp³-hybridized carbons (Fsp3) is 0.323. The Morgan fingerprint density at radius 3 is 2.40 bits per heavy atom. The van der Waals surface area contributed by atoms with Gasteiger partial charge in [-0.05, 0) is 67.6 Å². The van der Waals surface area contributed by atoms with Crippen molar-refractivity contribution < 1.29 is 19.4 Å². The Balaban J connectivity index is 0.000000360. The Bertz CT molecular complexity index is 1370. The summed E-state index contributed by atoms with van der Waals surface area (Å²) in [6, 6.07) is 19.2. The third-order valence-electron chi connectivity index (χ3n) is 5.95. The zero-order chi connectivity index (χ0) is 29.7. The van der Waals surface area contributed by atoms with Crippen LogP contribution in [0.3, 0.4) is 0 Å². The van der Waals surface area contributed by atoms with Gasteiger partial charge in [0.15, 0.2) is 0 Å². The molecule has 0 spiro atoms. The summed E-state index contributed by atoms with van der Waals surface area (Å²) < 4.78 is 5.18. The van der Waals surface area contributed by atoms with E-state index in [1.54, 1.807) is 44.5 Å². The molecule has 0 saturated carbocycles. The number of anilines is 1. The molecule has 4 aromatic rings. The van der Waals surface area contributed by atoms with Crippen molar-refractivity contribution in [3.05, 3.63) is 88.1 Å². The van der Waals surface area contributed by atoms with E-state index in [9.17, 15) is 14.7 Å². The first kappa shape index (κ1) is 32.3. The number of methoxy groups -OCH3 is 1. The number of carbonyl (C=O) groups is 2. The number of carboxylic acids is 1. The minimum Gasteiger partial charge on any atom is -0.481 e. The van der Waals surface area contributed by atoms with E-state index in [-0.39, 0.29) is 12.5 Å². The molecule has 0 saturated heterocycles. The van der Waals surface area contributed by atoms with Crippen LogP contribution in [-0.2, 0) is 35.3 Å². The summed E-state index contributed by atoms with van der Waals surface area (Å²) in [6.45, 7) is 6.00. The van der Waals surface area contributed by atoms with Gasteiger partial charge in [-0.2, -0.15) is 0 Å². The van der Waals surface area contributed by atoms with Crippen LogP contribution < -0.4 is 15.4 Å². The zero-order valence-electron chi connectivity index (χ0n) is 23.8. The van der Waals surface area contributed by atoms with E-state index in [2.05, 4.69) is 28.2 Å². The Kier molecular flexibility index (Phi) is 13.2. The number of benzene rings is 2. The first-order valence-electron chi connectivity index (χ1n) is 13.2. The summed E-state index contributed by atoms with van der Waals surface area (Å²) in [5.74, 6) is -0.399. The molecular weight excluding hydrogens is 528 g/mol. The Hall–Kier alpha value is -3.88. The van der Waals surface area contributed by atoms with Crippen LogP contribution in [0.4, 0.5) is 5.69 Å². The van der Waals surface area contributed by atoms with Gasteiger partial charge in [0.2, 0.25) is 12.3 Å². The van der Waals surface area contributed by atoms with Gasteiger partial charge in [0.25, 0.3) is 0 Å². The number of H-pyrrole nitrogens is 1. The van der Waals surface area contributed by atoms with Gasteiger partial charge in [-0.25, -0.2) is 4.98 Å². The fourth-order valence-corrected chi connectivity index (χ4v) is 4.24. The van der Waals surface area contributed by atoms with Gasteiger partial charge in [-0.1, -0.05) is 49.7 Å². The van der Waals surface area contributed by atoms with Crippen LogP contribution >= 0.6 is 11.6 Å². The van der Waals surface area contributed by atoms with E-state index >= 15 is 0 Å². The Morgan fingerprint density at radius 2 is 1.80 bits per heavy atom. The molecule has 0 aliphatic carbocycles. The summed E-state index contributed by atoms with van der Waals surface area (Å²) in [5, 5.41) is 9.99. The van der Waals surface area contributed by atoms with Crippen molar-refractivity contribution in [2.45, 2.75) is 52.5 Å². The first-order valence-corrected chi connectivity index (χ1v) is 13.6. The molecule has 40 heavy (non-hydrogen) atoms. The highest BCUT2D eigenvalue weighted by Gasteiger charge is 2.16. The van der Waals surface area contributed by atoms with Crippen molar-refractivity contribution in [2.75, 3.05) is 19.1 Å². The van der Waals surface area contributed by atoms with Gasteiger partial charge in [0.1, 0.15) is 0 Å². The molecule has 8 nitrogen and oxygen atoms in total. The van der Waals surface area contributed by atoms with Gasteiger partial charge in [0.05, 0.1) is 24.6 Å². The van der Waals surface area contributed by atoms with E-state index < -0.39 is 5.97 Å². The van der Waals surface area contributed by atoms with Gasteiger partial charge in [-0.3, -0.25) is 9.59 Å². The summed E-state index contributed by atoms with van der Waals surface area (Å²) in [7, 11) is 3.24. The quantitative estimate of drug-likeness (QED) is 0.208. The molecule has 1 unspecified atom stereocenters. The highest BCUT2D eigenvalue weighted by Crippen LogP contribution is 2.25. The van der Waals surface area contributed by atoms with Crippen LogP contribution in [0.5, 0.6) is 5.88 Å². The molecular formula is C31H39ClN4O4. The number of aromatic nitrogens is 2. The zero-order valence-corrected chi connectivity index (χ0v) is 24.5. The number of halogens is 1. The largest absolute Gasteiger partial charge is 0.481 e. The number of rotatable bonds is 10. The second-order valence-electron chi connectivity index (χ2n) is 9.10. The van der Waals surface area contributed by atoms with Crippen LogP contribution in [0.25, 0.3) is 11.0 Å². The summed E-state index contributed by atoms with van der Waals surface area (Å²) in [5.41, 5.74) is 12.3. The average molecular weight is 567 g/mol. The second kappa shape index (κ2) is 16.3. The predicted octanol–water partition coefficient (Wildman–Crippen LogP) is 5.83. The van der Waals surface area contributed by atoms with E-state index in [1.165, 1.54) is 16.0 Å². The van der Waals surface area contributed by atoms with Crippen molar-refractivity contribution in [3.63, 3.8) is 0 Å². The number of carbonyl (C=O) groups excluding carboxylic acids is 1. The molecule has 4 rings (SSSR count). The third kappa shape index (κ3) is 9.70. The number of ether oxygens (including phenoxy) is 1. The highest BCUT2D eigenvalue weighted by atomic mass is 35.5. The van der Waals surface area contributed by atoms with Gasteiger partial charge >= 0.3 is 5.97 Å². The lowest BCUT2D eigenvalue weighted by atomic mass is 10.00. The standard InChI is InChI=1S/C21H25N3O3.C8H8ClNO.C2H6/c1-13(22)10-15-5-3-4-14(11-15)6-7-17-16(12-20(25)26)21-18(23-17)8-9-19(24-21)27-2;1-10(6-11)8-4-2-7(9)3-5-8;1-2/h3-5,8-9,11,13,23H,6-7,10,12,22H2,1-2H3,(H,25,26);2-6H,1H3;1-2H3. The number of pyridine rings is 1. The third-order valence-corrected chi connectivity index (χ3v) is 6.20. The molecule has 0 fully saturated rings. The maximum atomic E-state index is 11.4. The molecule has 1 atom stereocenters. The molecule has 0 radical (unpaired) electrons. The SMILES string of the molecule is CC.CN(C=O)c1ccc(Cl)cc1.COc1ccc2[nH]c(CCc3cccc(CC(C)N)c3)c(CC(=O)O)c2n1. The van der Waals surface area contributed by atoms with E-state index in [4.69, 9.17) is 22.1 Å².